The van der Waals surface area contributed by atoms with Gasteiger partial charge in [0.2, 0.25) is 0 Å². The van der Waals surface area contributed by atoms with E-state index in [4.69, 9.17) is 5.10 Å². The van der Waals surface area contributed by atoms with Crippen molar-refractivity contribution in [3.05, 3.63) is 76.7 Å². The number of amides is 1. The van der Waals surface area contributed by atoms with Crippen LogP contribution in [0.15, 0.2) is 48.5 Å². The Hall–Kier alpha value is -2.95. The van der Waals surface area contributed by atoms with Crippen LogP contribution >= 0.6 is 0 Å². The molecule has 138 valence electrons. The van der Waals surface area contributed by atoms with E-state index in [1.54, 1.807) is 17.0 Å². The Morgan fingerprint density at radius 3 is 2.56 bits per heavy atom. The van der Waals surface area contributed by atoms with Crippen LogP contribution in [0.1, 0.15) is 27.2 Å². The molecular weight excluding hydrogens is 341 g/mol. The smallest absolute Gasteiger partial charge is 0.256 e. The Kier molecular flexibility index (Phi) is 4.52. The van der Waals surface area contributed by atoms with Gasteiger partial charge in [0.1, 0.15) is 5.82 Å². The summed E-state index contributed by atoms with van der Waals surface area (Å²) in [5.41, 5.74) is 5.35. The van der Waals surface area contributed by atoms with Crippen molar-refractivity contribution >= 4 is 5.91 Å². The summed E-state index contributed by atoms with van der Waals surface area (Å²) in [5.74, 6) is -0.692. The van der Waals surface area contributed by atoms with Gasteiger partial charge in [-0.2, -0.15) is 5.10 Å². The molecule has 3 aromatic rings. The van der Waals surface area contributed by atoms with Crippen molar-refractivity contribution in [2.24, 2.45) is 7.05 Å². The Bertz CT molecular complexity index is 994. The van der Waals surface area contributed by atoms with Crippen molar-refractivity contribution in [3.63, 3.8) is 0 Å². The third-order valence-electron chi connectivity index (χ3n) is 5.21. The minimum Gasteiger partial charge on any atom is -0.338 e. The standard InChI is InChI=1S/C22H22FN3O/c1-15-8-9-17(19(23)14-15)22(27)26-12-10-18-20(11-13-26)25(2)24-21(18)16-6-4-3-5-7-16/h3-9,14H,10-13H2,1-2H3. The molecule has 0 aliphatic carbocycles. The van der Waals surface area contributed by atoms with Crippen molar-refractivity contribution < 1.29 is 9.18 Å². The first-order valence-corrected chi connectivity index (χ1v) is 9.20. The summed E-state index contributed by atoms with van der Waals surface area (Å²) >= 11 is 0. The number of aryl methyl sites for hydroxylation is 2. The van der Waals surface area contributed by atoms with Crippen LogP contribution in [0.3, 0.4) is 0 Å². The molecule has 4 rings (SSSR count). The van der Waals surface area contributed by atoms with Gasteiger partial charge in [-0.3, -0.25) is 9.48 Å². The lowest BCUT2D eigenvalue weighted by Gasteiger charge is -2.21. The van der Waals surface area contributed by atoms with Gasteiger partial charge in [-0.15, -0.1) is 0 Å². The Morgan fingerprint density at radius 2 is 1.81 bits per heavy atom. The number of rotatable bonds is 2. The number of hydrogen-bond acceptors (Lipinski definition) is 2. The van der Waals surface area contributed by atoms with Gasteiger partial charge < -0.3 is 4.90 Å². The first-order chi connectivity index (χ1) is 13.0. The number of hydrogen-bond donors (Lipinski definition) is 0. The lowest BCUT2D eigenvalue weighted by Crippen LogP contribution is -2.34. The van der Waals surface area contributed by atoms with E-state index in [1.807, 2.05) is 36.9 Å². The van der Waals surface area contributed by atoms with E-state index in [1.165, 1.54) is 11.6 Å². The lowest BCUT2D eigenvalue weighted by molar-refractivity contribution is 0.0758. The summed E-state index contributed by atoms with van der Waals surface area (Å²) in [6.45, 7) is 2.94. The zero-order valence-corrected chi connectivity index (χ0v) is 15.6. The van der Waals surface area contributed by atoms with E-state index in [9.17, 15) is 9.18 Å². The predicted molar refractivity (Wildman–Crippen MR) is 103 cm³/mol. The molecule has 2 aromatic carbocycles. The molecule has 27 heavy (non-hydrogen) atoms. The van der Waals surface area contributed by atoms with E-state index in [-0.39, 0.29) is 11.5 Å². The molecule has 1 amide bonds. The average Bonchev–Trinajstić information content (AvgIpc) is 2.84. The maximum atomic E-state index is 14.2. The molecule has 0 radical (unpaired) electrons. The van der Waals surface area contributed by atoms with E-state index >= 15 is 0 Å². The van der Waals surface area contributed by atoms with Gasteiger partial charge in [0, 0.05) is 43.4 Å². The Labute approximate surface area is 158 Å². The largest absolute Gasteiger partial charge is 0.338 e. The molecule has 1 aromatic heterocycles. The van der Waals surface area contributed by atoms with Crippen molar-refractivity contribution in [1.29, 1.82) is 0 Å². The third-order valence-corrected chi connectivity index (χ3v) is 5.21. The van der Waals surface area contributed by atoms with E-state index < -0.39 is 5.82 Å². The van der Waals surface area contributed by atoms with Crippen LogP contribution in [-0.4, -0.2) is 33.7 Å². The molecule has 0 bridgehead atoms. The van der Waals surface area contributed by atoms with Gasteiger partial charge in [-0.05, 0) is 31.0 Å². The summed E-state index contributed by atoms with van der Waals surface area (Å²) in [7, 11) is 1.95. The molecule has 0 unspecified atom stereocenters. The number of carbonyl (C=O) groups excluding carboxylic acids is 1. The number of halogens is 1. The second-order valence-corrected chi connectivity index (χ2v) is 7.04. The summed E-state index contributed by atoms with van der Waals surface area (Å²) < 4.78 is 16.2. The Balaban J connectivity index is 1.61. The second-order valence-electron chi connectivity index (χ2n) is 7.04. The number of benzene rings is 2. The van der Waals surface area contributed by atoms with Gasteiger partial charge in [0.15, 0.2) is 0 Å². The normalized spacial score (nSPS) is 14.0. The molecule has 0 saturated heterocycles. The average molecular weight is 363 g/mol. The maximum absolute atomic E-state index is 14.2. The Morgan fingerprint density at radius 1 is 1.07 bits per heavy atom. The molecule has 5 heteroatoms. The van der Waals surface area contributed by atoms with Crippen molar-refractivity contribution in [3.8, 4) is 11.3 Å². The van der Waals surface area contributed by atoms with Crippen LogP contribution in [0.25, 0.3) is 11.3 Å². The highest BCUT2D eigenvalue weighted by molar-refractivity contribution is 5.94. The minimum atomic E-state index is -0.451. The molecule has 0 fully saturated rings. The molecule has 0 N–H and O–H groups in total. The summed E-state index contributed by atoms with van der Waals surface area (Å²) in [6, 6.07) is 14.9. The van der Waals surface area contributed by atoms with Gasteiger partial charge in [-0.25, -0.2) is 4.39 Å². The zero-order chi connectivity index (χ0) is 19.0. The molecule has 4 nitrogen and oxygen atoms in total. The highest BCUT2D eigenvalue weighted by Crippen LogP contribution is 2.28. The number of carbonyl (C=O) groups is 1. The monoisotopic (exact) mass is 363 g/mol. The SMILES string of the molecule is Cc1ccc(C(=O)N2CCc3c(-c4ccccc4)nn(C)c3CC2)c(F)c1. The van der Waals surface area contributed by atoms with Crippen molar-refractivity contribution in [2.45, 2.75) is 19.8 Å². The zero-order valence-electron chi connectivity index (χ0n) is 15.6. The number of nitrogens with zero attached hydrogens (tertiary/aromatic N) is 3. The highest BCUT2D eigenvalue weighted by Gasteiger charge is 2.26. The first kappa shape index (κ1) is 17.5. The van der Waals surface area contributed by atoms with Gasteiger partial charge in [0.25, 0.3) is 5.91 Å². The third kappa shape index (κ3) is 3.25. The molecule has 1 aliphatic rings. The minimum absolute atomic E-state index is 0.146. The number of fused-ring (bicyclic) bond motifs is 1. The van der Waals surface area contributed by atoms with Crippen molar-refractivity contribution in [1.82, 2.24) is 14.7 Å². The van der Waals surface area contributed by atoms with Crippen LogP contribution in [0.5, 0.6) is 0 Å². The molecule has 0 spiro atoms. The summed E-state index contributed by atoms with van der Waals surface area (Å²) in [4.78, 5) is 14.6. The quantitative estimate of drug-likeness (QED) is 0.695. The van der Waals surface area contributed by atoms with E-state index in [0.29, 0.717) is 25.9 Å². The highest BCUT2D eigenvalue weighted by atomic mass is 19.1. The molecular formula is C22H22FN3O. The van der Waals surface area contributed by atoms with Crippen LogP contribution in [-0.2, 0) is 19.9 Å². The van der Waals surface area contributed by atoms with Crippen LogP contribution in [0, 0.1) is 12.7 Å². The van der Waals surface area contributed by atoms with Crippen LogP contribution in [0.2, 0.25) is 0 Å². The van der Waals surface area contributed by atoms with Gasteiger partial charge >= 0.3 is 0 Å². The van der Waals surface area contributed by atoms with Crippen LogP contribution < -0.4 is 0 Å². The lowest BCUT2D eigenvalue weighted by atomic mass is 10.0. The van der Waals surface area contributed by atoms with E-state index in [0.717, 1.165) is 22.5 Å². The summed E-state index contributed by atoms with van der Waals surface area (Å²) in [6.07, 6.45) is 1.43. The maximum Gasteiger partial charge on any atom is 0.256 e. The molecule has 2 heterocycles. The summed E-state index contributed by atoms with van der Waals surface area (Å²) in [5, 5.41) is 4.71. The van der Waals surface area contributed by atoms with Crippen LogP contribution in [0.4, 0.5) is 4.39 Å². The van der Waals surface area contributed by atoms with E-state index in [2.05, 4.69) is 12.1 Å². The fourth-order valence-electron chi connectivity index (χ4n) is 3.77. The second kappa shape index (κ2) is 6.99. The fourth-order valence-corrected chi connectivity index (χ4v) is 3.77. The topological polar surface area (TPSA) is 38.1 Å². The fraction of sp³-hybridized carbons (Fsp3) is 0.273. The predicted octanol–water partition coefficient (Wildman–Crippen LogP) is 3.78. The number of aromatic nitrogens is 2. The van der Waals surface area contributed by atoms with Gasteiger partial charge in [0.05, 0.1) is 11.3 Å². The molecule has 1 aliphatic heterocycles. The first-order valence-electron chi connectivity index (χ1n) is 9.20. The van der Waals surface area contributed by atoms with Crippen molar-refractivity contribution in [2.75, 3.05) is 13.1 Å². The molecule has 0 saturated carbocycles. The van der Waals surface area contributed by atoms with Gasteiger partial charge in [-0.1, -0.05) is 36.4 Å². The molecule has 0 atom stereocenters.